The molecule has 0 spiro atoms. The zero-order valence-electron chi connectivity index (χ0n) is 21.5. The fourth-order valence-corrected chi connectivity index (χ4v) is 5.39. The highest BCUT2D eigenvalue weighted by Gasteiger charge is 2.22. The van der Waals surface area contributed by atoms with E-state index in [2.05, 4.69) is 15.6 Å². The molecule has 2 aromatic carbocycles. The Morgan fingerprint density at radius 1 is 0.895 bits per heavy atom. The number of para-hydroxylation sites is 1. The first-order chi connectivity index (χ1) is 18.6. The number of rotatable bonds is 6. The maximum absolute atomic E-state index is 12.9. The van der Waals surface area contributed by atoms with Crippen molar-refractivity contribution in [3.8, 4) is 5.69 Å². The smallest absolute Gasteiger partial charge is 0.253 e. The number of nitrogens with zero attached hydrogens (tertiary/aromatic N) is 5. The lowest BCUT2D eigenvalue weighted by Gasteiger charge is -2.27. The van der Waals surface area contributed by atoms with Gasteiger partial charge in [-0.25, -0.2) is 4.98 Å². The quantitative estimate of drug-likeness (QED) is 0.339. The molecule has 9 nitrogen and oxygen atoms in total. The molecule has 196 valence electrons. The molecular weight excluding hydrogens is 476 g/mol. The van der Waals surface area contributed by atoms with Crippen molar-refractivity contribution in [2.24, 2.45) is 5.73 Å². The highest BCUT2D eigenvalue weighted by molar-refractivity contribution is 5.95. The largest absolute Gasteiger partial charge is 0.351 e. The Bertz CT molecular complexity index is 1390. The van der Waals surface area contributed by atoms with Crippen LogP contribution in [0.1, 0.15) is 55.3 Å². The number of nitrogens with two attached hydrogens (primary N) is 1. The van der Waals surface area contributed by atoms with Gasteiger partial charge in [-0.15, -0.1) is 0 Å². The fraction of sp³-hybridized carbons (Fsp3) is 0.379. The van der Waals surface area contributed by atoms with Gasteiger partial charge in [0.15, 0.2) is 17.0 Å². The van der Waals surface area contributed by atoms with Gasteiger partial charge in [-0.05, 0) is 81.3 Å². The number of imidazole rings is 1. The molecule has 1 saturated carbocycles. The van der Waals surface area contributed by atoms with Crippen LogP contribution in [0.3, 0.4) is 0 Å². The molecule has 0 radical (unpaired) electrons. The average Bonchev–Trinajstić information content (AvgIpc) is 3.40. The molecular formula is C29H34N8O. The summed E-state index contributed by atoms with van der Waals surface area (Å²) in [6, 6.07) is 18.2. The number of aromatic nitrogens is 4. The molecule has 3 heterocycles. The molecule has 4 aromatic rings. The molecule has 9 heteroatoms. The summed E-state index contributed by atoms with van der Waals surface area (Å²) in [5, 5.41) is 6.97. The molecule has 0 atom stereocenters. The molecule has 4 N–H and O–H groups in total. The van der Waals surface area contributed by atoms with Crippen LogP contribution in [0.2, 0.25) is 0 Å². The number of anilines is 3. The van der Waals surface area contributed by atoms with E-state index in [1.54, 1.807) is 6.33 Å². The third-order valence-corrected chi connectivity index (χ3v) is 7.57. The van der Waals surface area contributed by atoms with E-state index >= 15 is 0 Å². The standard InChI is InChI=1S/C29H34N8O/c30-21-11-15-23(16-12-21)33-29-34-26(25-27(35-29)37(19-31-25)24-7-3-1-4-8-24)32-22-13-9-20(10-14-22)28(38)36-17-5-2-6-18-36/h1,3-4,7-10,13-14,19,21,23H,2,5-6,11-12,15-18,30H2,(H2,32,33,34,35). The van der Waals surface area contributed by atoms with E-state index < -0.39 is 0 Å². The van der Waals surface area contributed by atoms with Crippen LogP contribution >= 0.6 is 0 Å². The lowest BCUT2D eigenvalue weighted by molar-refractivity contribution is 0.0724. The van der Waals surface area contributed by atoms with E-state index in [1.807, 2.05) is 64.1 Å². The Morgan fingerprint density at radius 3 is 2.37 bits per heavy atom. The lowest BCUT2D eigenvalue weighted by Crippen LogP contribution is -2.35. The number of fused-ring (bicyclic) bond motifs is 1. The Kier molecular flexibility index (Phi) is 6.92. The summed E-state index contributed by atoms with van der Waals surface area (Å²) in [6.45, 7) is 1.68. The van der Waals surface area contributed by atoms with E-state index in [-0.39, 0.29) is 18.0 Å². The summed E-state index contributed by atoms with van der Waals surface area (Å²) in [5.74, 6) is 1.28. The second-order valence-corrected chi connectivity index (χ2v) is 10.3. The van der Waals surface area contributed by atoms with E-state index in [9.17, 15) is 4.79 Å². The summed E-state index contributed by atoms with van der Waals surface area (Å²) in [5.41, 5.74) is 10.0. The predicted molar refractivity (Wildman–Crippen MR) is 150 cm³/mol. The van der Waals surface area contributed by atoms with Crippen molar-refractivity contribution in [3.63, 3.8) is 0 Å². The summed E-state index contributed by atoms with van der Waals surface area (Å²) < 4.78 is 1.98. The van der Waals surface area contributed by atoms with Gasteiger partial charge in [-0.1, -0.05) is 18.2 Å². The number of piperidine rings is 1. The van der Waals surface area contributed by atoms with Gasteiger partial charge in [0.25, 0.3) is 5.91 Å². The van der Waals surface area contributed by atoms with E-state index in [1.165, 1.54) is 6.42 Å². The van der Waals surface area contributed by atoms with Crippen molar-refractivity contribution >= 4 is 34.5 Å². The number of benzene rings is 2. The lowest BCUT2D eigenvalue weighted by atomic mass is 9.92. The summed E-state index contributed by atoms with van der Waals surface area (Å²) >= 11 is 0. The molecule has 1 aliphatic carbocycles. The first-order valence-corrected chi connectivity index (χ1v) is 13.6. The Labute approximate surface area is 222 Å². The molecule has 38 heavy (non-hydrogen) atoms. The first-order valence-electron chi connectivity index (χ1n) is 13.6. The van der Waals surface area contributed by atoms with Gasteiger partial charge in [0, 0.05) is 42.1 Å². The third-order valence-electron chi connectivity index (χ3n) is 7.57. The molecule has 2 fully saturated rings. The number of amides is 1. The zero-order chi connectivity index (χ0) is 25.9. The predicted octanol–water partition coefficient (Wildman–Crippen LogP) is 4.87. The maximum atomic E-state index is 12.9. The first kappa shape index (κ1) is 24.4. The minimum absolute atomic E-state index is 0.0981. The van der Waals surface area contributed by atoms with Crippen LogP contribution < -0.4 is 16.4 Å². The van der Waals surface area contributed by atoms with Gasteiger partial charge in [-0.2, -0.15) is 9.97 Å². The van der Waals surface area contributed by atoms with E-state index in [0.717, 1.165) is 68.6 Å². The van der Waals surface area contributed by atoms with Gasteiger partial charge in [0.05, 0.1) is 0 Å². The molecule has 6 rings (SSSR count). The number of carbonyl (C=O) groups is 1. The van der Waals surface area contributed by atoms with Gasteiger partial charge < -0.3 is 21.3 Å². The van der Waals surface area contributed by atoms with Crippen LogP contribution in [0.15, 0.2) is 60.9 Å². The SMILES string of the molecule is NC1CCC(Nc2nc(Nc3ccc(C(=O)N4CCCCC4)cc3)c3ncn(-c4ccccc4)c3n2)CC1. The number of nitrogens with one attached hydrogen (secondary N) is 2. The minimum Gasteiger partial charge on any atom is -0.351 e. The number of carbonyl (C=O) groups excluding carboxylic acids is 1. The van der Waals surface area contributed by atoms with Gasteiger partial charge in [-0.3, -0.25) is 9.36 Å². The summed E-state index contributed by atoms with van der Waals surface area (Å²) in [4.78, 5) is 29.2. The zero-order valence-corrected chi connectivity index (χ0v) is 21.5. The summed E-state index contributed by atoms with van der Waals surface area (Å²) in [6.07, 6.45) is 9.12. The second-order valence-electron chi connectivity index (χ2n) is 10.3. The monoisotopic (exact) mass is 510 g/mol. The van der Waals surface area contributed by atoms with Crippen LogP contribution in [-0.4, -0.2) is 55.5 Å². The number of hydrogen-bond acceptors (Lipinski definition) is 7. The number of likely N-dealkylation sites (tertiary alicyclic amines) is 1. The Balaban J connectivity index is 1.30. The molecule has 1 aliphatic heterocycles. The van der Waals surface area contributed by atoms with Crippen LogP contribution in [0.4, 0.5) is 17.5 Å². The highest BCUT2D eigenvalue weighted by Crippen LogP contribution is 2.28. The van der Waals surface area contributed by atoms with Crippen LogP contribution in [0.5, 0.6) is 0 Å². The topological polar surface area (TPSA) is 114 Å². The third kappa shape index (κ3) is 5.19. The molecule has 0 unspecified atom stereocenters. The van der Waals surface area contributed by atoms with Gasteiger partial charge in [0.1, 0.15) is 6.33 Å². The Morgan fingerprint density at radius 2 is 1.63 bits per heavy atom. The van der Waals surface area contributed by atoms with Crippen molar-refractivity contribution in [2.75, 3.05) is 23.7 Å². The molecule has 1 amide bonds. The van der Waals surface area contributed by atoms with Crippen molar-refractivity contribution < 1.29 is 4.79 Å². The van der Waals surface area contributed by atoms with Crippen molar-refractivity contribution in [2.45, 2.75) is 57.0 Å². The Hall–Kier alpha value is -3.98. The second kappa shape index (κ2) is 10.8. The van der Waals surface area contributed by atoms with Crippen molar-refractivity contribution in [3.05, 3.63) is 66.5 Å². The fourth-order valence-electron chi connectivity index (χ4n) is 5.39. The average molecular weight is 511 g/mol. The van der Waals surface area contributed by atoms with Crippen LogP contribution in [0, 0.1) is 0 Å². The number of hydrogen-bond donors (Lipinski definition) is 3. The molecule has 2 aliphatic rings. The van der Waals surface area contributed by atoms with Crippen LogP contribution in [-0.2, 0) is 0 Å². The molecule has 2 aromatic heterocycles. The molecule has 1 saturated heterocycles. The summed E-state index contributed by atoms with van der Waals surface area (Å²) in [7, 11) is 0. The minimum atomic E-state index is 0.0981. The molecule has 0 bridgehead atoms. The van der Waals surface area contributed by atoms with Crippen molar-refractivity contribution in [1.82, 2.24) is 24.4 Å². The van der Waals surface area contributed by atoms with E-state index in [4.69, 9.17) is 15.7 Å². The van der Waals surface area contributed by atoms with Crippen LogP contribution in [0.25, 0.3) is 16.9 Å². The normalized spacial score (nSPS) is 19.9. The van der Waals surface area contributed by atoms with Gasteiger partial charge in [0.2, 0.25) is 5.95 Å². The highest BCUT2D eigenvalue weighted by atomic mass is 16.2. The van der Waals surface area contributed by atoms with Gasteiger partial charge >= 0.3 is 0 Å². The maximum Gasteiger partial charge on any atom is 0.253 e. The van der Waals surface area contributed by atoms with Crippen molar-refractivity contribution in [1.29, 1.82) is 0 Å². The van der Waals surface area contributed by atoms with E-state index in [0.29, 0.717) is 22.8 Å².